The van der Waals surface area contributed by atoms with Crippen LogP contribution >= 0.6 is 0 Å². The third-order valence-corrected chi connectivity index (χ3v) is 1.33. The van der Waals surface area contributed by atoms with E-state index in [2.05, 4.69) is 0 Å². The molecule has 0 saturated carbocycles. The average molecular weight is 153 g/mol. The maximum Gasteiger partial charge on any atom is 0.114 e. The van der Waals surface area contributed by atoms with Crippen molar-refractivity contribution in [1.29, 1.82) is 0 Å². The second kappa shape index (κ2) is 6.93. The van der Waals surface area contributed by atoms with Crippen molar-refractivity contribution in [2.24, 2.45) is 0 Å². The molecule has 0 bridgehead atoms. The van der Waals surface area contributed by atoms with Crippen LogP contribution in [0.5, 0.6) is 0 Å². The minimum absolute atomic E-state index is 0. The van der Waals surface area contributed by atoms with Gasteiger partial charge in [-0.1, -0.05) is 13.8 Å². The summed E-state index contributed by atoms with van der Waals surface area (Å²) in [6.07, 6.45) is 0.182. The largest absolute Gasteiger partial charge is 0.303 e. The molecule has 0 aromatic rings. The zero-order valence-corrected chi connectivity index (χ0v) is 6.93. The Bertz CT molecular complexity index is 60.6. The van der Waals surface area contributed by atoms with Crippen LogP contribution < -0.4 is 0 Å². The fraction of sp³-hybridized carbons (Fsp3) is 1.00. The van der Waals surface area contributed by atoms with Crippen molar-refractivity contribution in [1.82, 2.24) is 4.90 Å². The van der Waals surface area contributed by atoms with Gasteiger partial charge in [0.1, 0.15) is 6.17 Å². The maximum absolute atomic E-state index is 12.1. The molecule has 0 radical (unpaired) electrons. The molecule has 1 aliphatic rings. The second-order valence-electron chi connectivity index (χ2n) is 2.15. The maximum atomic E-state index is 12.1. The first-order chi connectivity index (χ1) is 4.29. The van der Waals surface area contributed by atoms with Gasteiger partial charge in [-0.05, 0) is 13.5 Å². The van der Waals surface area contributed by atoms with Gasteiger partial charge in [-0.15, -0.1) is 0 Å². The van der Waals surface area contributed by atoms with E-state index in [-0.39, 0.29) is 4.70 Å². The number of hydrogen-bond acceptors (Lipinski definition) is 1. The molecule has 64 valence electrons. The van der Waals surface area contributed by atoms with Crippen molar-refractivity contribution in [3.63, 3.8) is 0 Å². The number of halogens is 2. The smallest absolute Gasteiger partial charge is 0.114 e. The molecule has 0 aromatic carbocycles. The highest BCUT2D eigenvalue weighted by Crippen LogP contribution is 2.08. The van der Waals surface area contributed by atoms with Gasteiger partial charge in [0.25, 0.3) is 0 Å². The van der Waals surface area contributed by atoms with E-state index < -0.39 is 6.17 Å². The molecule has 1 nitrogen and oxygen atoms in total. The van der Waals surface area contributed by atoms with Gasteiger partial charge in [0, 0.05) is 13.1 Å². The van der Waals surface area contributed by atoms with E-state index in [0.29, 0.717) is 6.54 Å². The number of rotatable bonds is 0. The first-order valence-corrected chi connectivity index (χ1v) is 3.61. The molecule has 1 rings (SSSR count). The van der Waals surface area contributed by atoms with Crippen LogP contribution in [0.1, 0.15) is 20.3 Å². The lowest BCUT2D eigenvalue weighted by molar-refractivity contribution is 0.321. The molecule has 1 aliphatic heterocycles. The summed E-state index contributed by atoms with van der Waals surface area (Å²) in [6, 6.07) is 0. The molecule has 3 heteroatoms. The van der Waals surface area contributed by atoms with Crippen LogP contribution in [0.25, 0.3) is 0 Å². The fourth-order valence-electron chi connectivity index (χ4n) is 0.881. The topological polar surface area (TPSA) is 3.24 Å². The van der Waals surface area contributed by atoms with E-state index in [0.717, 1.165) is 13.0 Å². The zero-order valence-electron chi connectivity index (χ0n) is 6.93. The summed E-state index contributed by atoms with van der Waals surface area (Å²) in [6.45, 7) is 5.57. The summed E-state index contributed by atoms with van der Waals surface area (Å²) in [5.41, 5.74) is 0. The van der Waals surface area contributed by atoms with Crippen molar-refractivity contribution >= 4 is 0 Å². The van der Waals surface area contributed by atoms with E-state index in [1.54, 1.807) is 0 Å². The summed E-state index contributed by atoms with van der Waals surface area (Å²) < 4.78 is 12.1. The summed E-state index contributed by atoms with van der Waals surface area (Å²) in [4.78, 5) is 2.00. The van der Waals surface area contributed by atoms with E-state index in [1.807, 2.05) is 25.8 Å². The van der Waals surface area contributed by atoms with Crippen molar-refractivity contribution in [2.45, 2.75) is 26.4 Å². The number of hydrogen-bond donors (Lipinski definition) is 0. The number of nitrogens with zero attached hydrogens (tertiary/aromatic N) is 1. The summed E-state index contributed by atoms with van der Waals surface area (Å²) in [5, 5.41) is 0. The van der Waals surface area contributed by atoms with Crippen molar-refractivity contribution < 1.29 is 9.09 Å². The van der Waals surface area contributed by atoms with E-state index in [1.165, 1.54) is 0 Å². The Kier molecular flexibility index (Phi) is 8.66. The SMILES string of the molecule is CC.CN1CC[C@H](F)C1.F. The highest BCUT2D eigenvalue weighted by molar-refractivity contribution is 4.70. The molecule has 1 atom stereocenters. The summed E-state index contributed by atoms with van der Waals surface area (Å²) in [7, 11) is 1.94. The van der Waals surface area contributed by atoms with Crippen molar-refractivity contribution in [2.75, 3.05) is 20.1 Å². The monoisotopic (exact) mass is 153 g/mol. The van der Waals surface area contributed by atoms with Crippen molar-refractivity contribution in [3.05, 3.63) is 0 Å². The van der Waals surface area contributed by atoms with Crippen LogP contribution in [0.4, 0.5) is 9.09 Å². The van der Waals surface area contributed by atoms with E-state index in [4.69, 9.17) is 0 Å². The van der Waals surface area contributed by atoms with Gasteiger partial charge in [0.05, 0.1) is 0 Å². The lowest BCUT2D eigenvalue weighted by Gasteiger charge is -2.01. The predicted molar refractivity (Wildman–Crippen MR) is 40.9 cm³/mol. The highest BCUT2D eigenvalue weighted by Gasteiger charge is 2.17. The van der Waals surface area contributed by atoms with Crippen LogP contribution in [0.2, 0.25) is 0 Å². The lowest BCUT2D eigenvalue weighted by Crippen LogP contribution is -2.13. The Morgan fingerprint density at radius 2 is 1.90 bits per heavy atom. The van der Waals surface area contributed by atoms with Gasteiger partial charge in [-0.2, -0.15) is 0 Å². The molecule has 1 saturated heterocycles. The fourth-order valence-corrected chi connectivity index (χ4v) is 0.881. The lowest BCUT2D eigenvalue weighted by atomic mass is 10.4. The average Bonchev–Trinajstić information content (AvgIpc) is 2.20. The third-order valence-electron chi connectivity index (χ3n) is 1.33. The molecule has 1 fully saturated rings. The van der Waals surface area contributed by atoms with Gasteiger partial charge >= 0.3 is 0 Å². The van der Waals surface area contributed by atoms with Gasteiger partial charge < -0.3 is 4.90 Å². The van der Waals surface area contributed by atoms with E-state index in [9.17, 15) is 4.39 Å². The molecule has 0 N–H and O–H groups in total. The first kappa shape index (κ1) is 12.5. The van der Waals surface area contributed by atoms with Crippen molar-refractivity contribution in [3.8, 4) is 0 Å². The Labute approximate surface area is 61.6 Å². The first-order valence-electron chi connectivity index (χ1n) is 3.61. The van der Waals surface area contributed by atoms with Crippen LogP contribution in [0, 0.1) is 0 Å². The number of alkyl halides is 1. The Hall–Kier alpha value is -0.180. The molecule has 0 unspecified atom stereocenters. The molecule has 10 heavy (non-hydrogen) atoms. The zero-order chi connectivity index (χ0) is 7.28. The molecule has 0 spiro atoms. The highest BCUT2D eigenvalue weighted by atomic mass is 19.1. The quantitative estimate of drug-likeness (QED) is 0.513. The molecule has 1 heterocycles. The molecular weight excluding hydrogens is 136 g/mol. The van der Waals surface area contributed by atoms with Gasteiger partial charge in [0.2, 0.25) is 0 Å². The van der Waals surface area contributed by atoms with Gasteiger partial charge in [0.15, 0.2) is 0 Å². The standard InChI is InChI=1S/C5H10FN.C2H6.FH/c1-7-3-2-5(6)4-7;1-2;/h5H,2-4H2,1H3;1-2H3;1H/t5-;;/m0../s1. The van der Waals surface area contributed by atoms with Crippen LogP contribution in [-0.2, 0) is 0 Å². The molecule has 0 aliphatic carbocycles. The number of likely N-dealkylation sites (tertiary alicyclic amines) is 1. The minimum Gasteiger partial charge on any atom is -0.303 e. The second-order valence-corrected chi connectivity index (χ2v) is 2.15. The Balaban J connectivity index is 0. The van der Waals surface area contributed by atoms with Crippen LogP contribution in [0.3, 0.4) is 0 Å². The normalized spacial score (nSPS) is 24.6. The Morgan fingerprint density at radius 1 is 1.40 bits per heavy atom. The summed E-state index contributed by atoms with van der Waals surface area (Å²) in [5.74, 6) is 0. The molecule has 0 aromatic heterocycles. The van der Waals surface area contributed by atoms with E-state index >= 15 is 0 Å². The van der Waals surface area contributed by atoms with Gasteiger partial charge in [-0.3, -0.25) is 4.70 Å². The van der Waals surface area contributed by atoms with Crippen LogP contribution in [-0.4, -0.2) is 31.2 Å². The predicted octanol–water partition coefficient (Wildman–Crippen LogP) is 1.84. The molecule has 0 amide bonds. The minimum atomic E-state index is -0.551. The van der Waals surface area contributed by atoms with Gasteiger partial charge in [-0.25, -0.2) is 4.39 Å². The summed E-state index contributed by atoms with van der Waals surface area (Å²) >= 11 is 0. The third kappa shape index (κ3) is 4.68. The van der Waals surface area contributed by atoms with Crippen LogP contribution in [0.15, 0.2) is 0 Å². The molecular formula is C7H17F2N. The Morgan fingerprint density at radius 3 is 2.00 bits per heavy atom.